The molecular weight excluding hydrogens is 584 g/mol. The minimum Gasteiger partial charge on any atom is -0.497 e. The molecule has 1 aliphatic rings. The fraction of sp³-hybridized carbons (Fsp3) is 0.500. The summed E-state index contributed by atoms with van der Waals surface area (Å²) in [5.74, 6) is 2.01. The fourth-order valence-electron chi connectivity index (χ4n) is 6.39. The van der Waals surface area contributed by atoms with E-state index in [2.05, 4.69) is 69.9 Å². The van der Waals surface area contributed by atoms with E-state index in [1.54, 1.807) is 7.11 Å². The van der Waals surface area contributed by atoms with Crippen LogP contribution in [0.15, 0.2) is 42.9 Å². The molecule has 5 aromatic rings. The molecule has 0 saturated heterocycles. The lowest BCUT2D eigenvalue weighted by molar-refractivity contribution is 0.0505. The second kappa shape index (κ2) is 11.8. The van der Waals surface area contributed by atoms with Gasteiger partial charge in [-0.25, -0.2) is 14.8 Å². The van der Waals surface area contributed by atoms with Crippen LogP contribution in [0.4, 0.5) is 4.79 Å². The number of imidazole rings is 1. The Morgan fingerprint density at radius 3 is 2.60 bits per heavy atom. The number of rotatable bonds is 9. The number of aryl methyl sites for hydroxylation is 1. The van der Waals surface area contributed by atoms with Crippen molar-refractivity contribution >= 4 is 41.8 Å². The Morgan fingerprint density at radius 2 is 1.87 bits per heavy atom. The van der Waals surface area contributed by atoms with Crippen molar-refractivity contribution in [2.75, 3.05) is 13.7 Å². The van der Waals surface area contributed by atoms with Crippen molar-refractivity contribution in [2.45, 2.75) is 90.0 Å². The molecule has 1 saturated carbocycles. The zero-order valence-corrected chi connectivity index (χ0v) is 28.8. The van der Waals surface area contributed by atoms with Crippen LogP contribution in [-0.4, -0.2) is 63.0 Å². The Hall–Kier alpha value is -3.83. The highest BCUT2D eigenvalue weighted by Crippen LogP contribution is 2.39. The summed E-state index contributed by atoms with van der Waals surface area (Å²) in [7, 11) is 2.53. The lowest BCUT2D eigenvalue weighted by Gasteiger charge is -2.21. The van der Waals surface area contributed by atoms with Gasteiger partial charge in [-0.05, 0) is 70.3 Å². The van der Waals surface area contributed by atoms with E-state index in [9.17, 15) is 4.79 Å². The molecule has 1 amide bonds. The van der Waals surface area contributed by atoms with E-state index in [1.807, 2.05) is 39.2 Å². The van der Waals surface area contributed by atoms with Crippen LogP contribution in [0.3, 0.4) is 0 Å². The second-order valence-electron chi connectivity index (χ2n) is 14.5. The largest absolute Gasteiger partial charge is 0.497 e. The highest BCUT2D eigenvalue weighted by atomic mass is 28.3. The van der Waals surface area contributed by atoms with Gasteiger partial charge in [-0.15, -0.1) is 0 Å². The van der Waals surface area contributed by atoms with E-state index in [0.29, 0.717) is 13.3 Å². The number of carbonyl (C=O) groups is 1. The summed E-state index contributed by atoms with van der Waals surface area (Å²) in [5, 5.41) is 4.18. The zero-order valence-electron chi connectivity index (χ0n) is 27.8. The number of methoxy groups -OCH3 is 1. The van der Waals surface area contributed by atoms with Crippen LogP contribution in [0, 0.1) is 0 Å². The third-order valence-corrected chi connectivity index (χ3v) is 10.3. The predicted octanol–water partition coefficient (Wildman–Crippen LogP) is 7.32. The van der Waals surface area contributed by atoms with Crippen molar-refractivity contribution in [3.05, 3.63) is 48.7 Å². The van der Waals surface area contributed by atoms with E-state index in [4.69, 9.17) is 24.2 Å². The maximum atomic E-state index is 12.5. The van der Waals surface area contributed by atoms with Crippen molar-refractivity contribution in [3.63, 3.8) is 0 Å². The van der Waals surface area contributed by atoms with Gasteiger partial charge in [0.05, 0.1) is 36.2 Å². The lowest BCUT2D eigenvalue weighted by Crippen LogP contribution is -2.37. The number of aromatic nitrogens is 5. The number of fused-ring (bicyclic) bond motifs is 4. The number of amides is 1. The van der Waals surface area contributed by atoms with Gasteiger partial charge in [0, 0.05) is 56.4 Å². The maximum absolute atomic E-state index is 12.5. The van der Waals surface area contributed by atoms with E-state index < -0.39 is 13.7 Å². The molecule has 45 heavy (non-hydrogen) atoms. The van der Waals surface area contributed by atoms with Crippen LogP contribution in [0.25, 0.3) is 38.8 Å². The van der Waals surface area contributed by atoms with E-state index in [1.165, 1.54) is 0 Å². The summed E-state index contributed by atoms with van der Waals surface area (Å²) in [4.78, 5) is 22.4. The van der Waals surface area contributed by atoms with Crippen molar-refractivity contribution in [2.24, 2.45) is 7.05 Å². The number of ether oxygens (including phenoxy) is 3. The molecule has 4 heterocycles. The van der Waals surface area contributed by atoms with Crippen molar-refractivity contribution in [1.29, 1.82) is 0 Å². The number of hydrogen-bond acceptors (Lipinski definition) is 6. The minimum absolute atomic E-state index is 0.0418. The first-order chi connectivity index (χ1) is 21.3. The summed E-state index contributed by atoms with van der Waals surface area (Å²) in [6.45, 7) is 13.9. The van der Waals surface area contributed by atoms with Crippen LogP contribution in [0.1, 0.15) is 51.8 Å². The Morgan fingerprint density at radius 1 is 1.09 bits per heavy atom. The average molecular weight is 631 g/mol. The molecule has 1 N–H and O–H groups in total. The summed E-state index contributed by atoms with van der Waals surface area (Å²) in [6, 6.07) is 9.55. The number of nitrogens with one attached hydrogen (secondary N) is 1. The molecular formula is C34H46N6O4Si. The fourth-order valence-corrected chi connectivity index (χ4v) is 7.14. The molecule has 11 heteroatoms. The maximum Gasteiger partial charge on any atom is 0.407 e. The Labute approximate surface area is 265 Å². The lowest BCUT2D eigenvalue weighted by atomic mass is 10.1. The summed E-state index contributed by atoms with van der Waals surface area (Å²) in [6.07, 6.45) is 8.22. The standard InChI is InChI=1S/C34H46N6O4Si/c1-34(2,3)44-33(41)37-23-10-9-22(15-23)31-35-18-24-19-36-32-30(40(24)31)17-29(39(32)21-43-13-14-45(6,7)8)27-20-38(4)28-12-11-25(42-5)16-26(27)28/h11-12,16-20,22-23H,9-10,13-15,21H2,1-8H3,(H,37,41)/t22-,23+/m0/s1. The zero-order chi connectivity index (χ0) is 32.1. The highest BCUT2D eigenvalue weighted by Gasteiger charge is 2.32. The van der Waals surface area contributed by atoms with Gasteiger partial charge >= 0.3 is 6.09 Å². The average Bonchev–Trinajstić information content (AvgIpc) is 3.73. The van der Waals surface area contributed by atoms with Gasteiger partial charge < -0.3 is 24.1 Å². The number of hydrogen-bond donors (Lipinski definition) is 1. The quantitative estimate of drug-likeness (QED) is 0.135. The normalized spacial score (nSPS) is 17.5. The van der Waals surface area contributed by atoms with E-state index in [-0.39, 0.29) is 18.1 Å². The molecule has 4 aromatic heterocycles. The number of benzene rings is 1. The third-order valence-electron chi connectivity index (χ3n) is 8.63. The van der Waals surface area contributed by atoms with Gasteiger partial charge in [-0.2, -0.15) is 0 Å². The van der Waals surface area contributed by atoms with Crippen LogP contribution in [0.2, 0.25) is 25.7 Å². The van der Waals surface area contributed by atoms with Crippen LogP contribution in [-0.2, 0) is 23.3 Å². The summed E-state index contributed by atoms with van der Waals surface area (Å²) < 4.78 is 24.1. The van der Waals surface area contributed by atoms with Gasteiger partial charge in [-0.1, -0.05) is 19.6 Å². The predicted molar refractivity (Wildman–Crippen MR) is 181 cm³/mol. The first-order valence-electron chi connectivity index (χ1n) is 15.9. The minimum atomic E-state index is -1.25. The molecule has 6 rings (SSSR count). The van der Waals surface area contributed by atoms with Gasteiger partial charge in [0.15, 0.2) is 5.65 Å². The summed E-state index contributed by atoms with van der Waals surface area (Å²) in [5.41, 5.74) is 5.52. The number of alkyl carbamates (subject to hydrolysis) is 1. The molecule has 0 radical (unpaired) electrons. The van der Waals surface area contributed by atoms with Crippen LogP contribution in [0.5, 0.6) is 5.75 Å². The first kappa shape index (κ1) is 31.2. The molecule has 0 spiro atoms. The Bertz CT molecular complexity index is 1860. The summed E-state index contributed by atoms with van der Waals surface area (Å²) >= 11 is 0. The van der Waals surface area contributed by atoms with E-state index >= 15 is 0 Å². The van der Waals surface area contributed by atoms with Gasteiger partial charge in [-0.3, -0.25) is 8.97 Å². The molecule has 1 aliphatic carbocycles. The number of nitrogens with zero attached hydrogens (tertiary/aromatic N) is 5. The molecule has 240 valence electrons. The van der Waals surface area contributed by atoms with Crippen molar-refractivity contribution in [1.82, 2.24) is 28.8 Å². The smallest absolute Gasteiger partial charge is 0.407 e. The molecule has 1 aromatic carbocycles. The van der Waals surface area contributed by atoms with Crippen molar-refractivity contribution < 1.29 is 19.0 Å². The van der Waals surface area contributed by atoms with Gasteiger partial charge in [0.1, 0.15) is 23.9 Å². The second-order valence-corrected chi connectivity index (χ2v) is 20.2. The van der Waals surface area contributed by atoms with Crippen molar-refractivity contribution in [3.8, 4) is 17.0 Å². The Balaban J connectivity index is 1.41. The molecule has 0 unspecified atom stereocenters. The van der Waals surface area contributed by atoms with E-state index in [0.717, 1.165) is 75.7 Å². The molecule has 10 nitrogen and oxygen atoms in total. The topological polar surface area (TPSA) is 96.8 Å². The number of carbonyl (C=O) groups excluding carboxylic acids is 1. The molecule has 0 bridgehead atoms. The molecule has 2 atom stereocenters. The van der Waals surface area contributed by atoms with Gasteiger partial charge in [0.25, 0.3) is 0 Å². The highest BCUT2D eigenvalue weighted by molar-refractivity contribution is 6.76. The van der Waals surface area contributed by atoms with Crippen LogP contribution < -0.4 is 10.1 Å². The molecule has 0 aliphatic heterocycles. The Kier molecular flexibility index (Phi) is 8.19. The SMILES string of the molecule is COc1ccc2c(c1)c(-c1cc3c(ncc4cnc([C@H]5CC[C@@H](NC(=O)OC(C)(C)C)C5)n43)n1COCC[Si](C)(C)C)cn2C. The third kappa shape index (κ3) is 6.46. The molecule has 1 fully saturated rings. The first-order valence-corrected chi connectivity index (χ1v) is 19.6. The van der Waals surface area contributed by atoms with Crippen LogP contribution >= 0.6 is 0 Å². The monoisotopic (exact) mass is 630 g/mol. The van der Waals surface area contributed by atoms with Gasteiger partial charge in [0.2, 0.25) is 0 Å².